The number of fused-ring (bicyclic) bond motifs is 1. The number of rotatable bonds is 4. The Balaban J connectivity index is 1.53. The van der Waals surface area contributed by atoms with Crippen LogP contribution in [0.5, 0.6) is 0 Å². The highest BCUT2D eigenvalue weighted by Gasteiger charge is 2.28. The number of nitrogens with zero attached hydrogens (tertiary/aromatic N) is 1. The highest BCUT2D eigenvalue weighted by atomic mass is 32.1. The van der Waals surface area contributed by atoms with E-state index in [0.29, 0.717) is 30.3 Å². The Morgan fingerprint density at radius 3 is 2.92 bits per heavy atom. The zero-order chi connectivity index (χ0) is 18.0. The Kier molecular flexibility index (Phi) is 5.42. The van der Waals surface area contributed by atoms with Gasteiger partial charge < -0.3 is 15.4 Å². The van der Waals surface area contributed by atoms with Crippen molar-refractivity contribution in [2.24, 2.45) is 17.6 Å². The maximum Gasteiger partial charge on any atom is 0.348 e. The van der Waals surface area contributed by atoms with Gasteiger partial charge in [-0.25, -0.2) is 4.79 Å². The van der Waals surface area contributed by atoms with Crippen LogP contribution in [0, 0.1) is 11.8 Å². The normalized spacial score (nSPS) is 23.0. The molecule has 0 saturated carbocycles. The molecule has 0 radical (unpaired) electrons. The van der Waals surface area contributed by atoms with Crippen LogP contribution < -0.4 is 5.73 Å². The highest BCUT2D eigenvalue weighted by molar-refractivity contribution is 7.14. The summed E-state index contributed by atoms with van der Waals surface area (Å²) in [4.78, 5) is 39.2. The molecule has 2 amide bonds. The molecule has 0 aromatic carbocycles. The maximum absolute atomic E-state index is 12.2. The van der Waals surface area contributed by atoms with Crippen molar-refractivity contribution in [1.82, 2.24) is 4.90 Å². The van der Waals surface area contributed by atoms with Gasteiger partial charge in [0.25, 0.3) is 5.91 Å². The van der Waals surface area contributed by atoms with Gasteiger partial charge >= 0.3 is 5.97 Å². The van der Waals surface area contributed by atoms with Crippen molar-refractivity contribution in [3.63, 3.8) is 0 Å². The standard InChI is InChI=1S/C18H24N2O4S/c1-11-4-5-14-13(7-11)8-15(25-14)18(23)24-10-16(21)20-6-2-3-12(9-20)17(19)22/h8,11-12H,2-7,9-10H2,1H3,(H2,19,22)/t11-,12+/m1/s1. The number of nitrogens with two attached hydrogens (primary N) is 1. The van der Waals surface area contributed by atoms with Gasteiger partial charge in [0.05, 0.1) is 5.92 Å². The number of piperidine rings is 1. The minimum Gasteiger partial charge on any atom is -0.451 e. The lowest BCUT2D eigenvalue weighted by atomic mass is 9.90. The SMILES string of the molecule is C[C@@H]1CCc2sc(C(=O)OCC(=O)N3CCC[C@H](C(N)=O)C3)cc2C1. The first-order valence-electron chi connectivity index (χ1n) is 8.80. The molecule has 7 heteroatoms. The van der Waals surface area contributed by atoms with Crippen LogP contribution in [0.1, 0.15) is 46.3 Å². The van der Waals surface area contributed by atoms with Crippen LogP contribution in [0.4, 0.5) is 0 Å². The number of amides is 2. The molecule has 0 bridgehead atoms. The lowest BCUT2D eigenvalue weighted by Crippen LogP contribution is -2.45. The van der Waals surface area contributed by atoms with Crippen molar-refractivity contribution >= 4 is 29.1 Å². The van der Waals surface area contributed by atoms with E-state index in [-0.39, 0.29) is 24.3 Å². The van der Waals surface area contributed by atoms with Crippen molar-refractivity contribution in [3.05, 3.63) is 21.4 Å². The molecular formula is C18H24N2O4S. The molecule has 2 aliphatic rings. The molecule has 0 spiro atoms. The summed E-state index contributed by atoms with van der Waals surface area (Å²) in [5.41, 5.74) is 6.56. The molecule has 3 rings (SSSR count). The number of carbonyl (C=O) groups is 3. The maximum atomic E-state index is 12.2. The Morgan fingerprint density at radius 2 is 2.16 bits per heavy atom. The molecule has 1 aromatic rings. The fourth-order valence-electron chi connectivity index (χ4n) is 3.53. The average molecular weight is 364 g/mol. The lowest BCUT2D eigenvalue weighted by molar-refractivity contribution is -0.137. The molecule has 6 nitrogen and oxygen atoms in total. The summed E-state index contributed by atoms with van der Waals surface area (Å²) in [6, 6.07) is 1.91. The van der Waals surface area contributed by atoms with Crippen molar-refractivity contribution in [2.45, 2.75) is 39.0 Å². The molecule has 1 aliphatic heterocycles. The monoisotopic (exact) mass is 364 g/mol. The highest BCUT2D eigenvalue weighted by Crippen LogP contribution is 2.32. The Bertz CT molecular complexity index is 685. The van der Waals surface area contributed by atoms with E-state index in [1.807, 2.05) is 6.07 Å². The molecule has 25 heavy (non-hydrogen) atoms. The topological polar surface area (TPSA) is 89.7 Å². The number of thiophene rings is 1. The number of aryl methyl sites for hydroxylation is 1. The van der Waals surface area contributed by atoms with Crippen molar-refractivity contribution in [2.75, 3.05) is 19.7 Å². The largest absolute Gasteiger partial charge is 0.451 e. The summed E-state index contributed by atoms with van der Waals surface area (Å²) in [5.74, 6) is -0.754. The third kappa shape index (κ3) is 4.21. The van der Waals surface area contributed by atoms with E-state index in [2.05, 4.69) is 6.92 Å². The van der Waals surface area contributed by atoms with Crippen LogP contribution in [0.3, 0.4) is 0 Å². The van der Waals surface area contributed by atoms with Crippen molar-refractivity contribution in [3.8, 4) is 0 Å². The molecular weight excluding hydrogens is 340 g/mol. The number of hydrogen-bond acceptors (Lipinski definition) is 5. The van der Waals surface area contributed by atoms with Gasteiger partial charge in [-0.2, -0.15) is 0 Å². The predicted octanol–water partition coefficient (Wildman–Crippen LogP) is 1.75. The summed E-state index contributed by atoms with van der Waals surface area (Å²) >= 11 is 1.48. The lowest BCUT2D eigenvalue weighted by Gasteiger charge is -2.30. The molecule has 136 valence electrons. The van der Waals surface area contributed by atoms with E-state index in [1.165, 1.54) is 21.8 Å². The smallest absolute Gasteiger partial charge is 0.348 e. The van der Waals surface area contributed by atoms with E-state index in [1.54, 1.807) is 4.90 Å². The van der Waals surface area contributed by atoms with E-state index in [0.717, 1.165) is 25.7 Å². The second kappa shape index (κ2) is 7.56. The Labute approximate surface area is 151 Å². The first kappa shape index (κ1) is 17.9. The second-order valence-corrected chi connectivity index (χ2v) is 8.20. The van der Waals surface area contributed by atoms with Gasteiger partial charge in [-0.3, -0.25) is 9.59 Å². The molecule has 2 heterocycles. The fourth-order valence-corrected chi connectivity index (χ4v) is 4.63. The summed E-state index contributed by atoms with van der Waals surface area (Å²) in [6.45, 7) is 2.82. The number of likely N-dealkylation sites (tertiary alicyclic amines) is 1. The van der Waals surface area contributed by atoms with Gasteiger partial charge in [0.2, 0.25) is 5.91 Å². The summed E-state index contributed by atoms with van der Waals surface area (Å²) in [5, 5.41) is 0. The first-order valence-corrected chi connectivity index (χ1v) is 9.61. The quantitative estimate of drug-likeness (QED) is 0.824. The Hall–Kier alpha value is -1.89. The van der Waals surface area contributed by atoms with Crippen molar-refractivity contribution in [1.29, 1.82) is 0 Å². The van der Waals surface area contributed by atoms with Gasteiger partial charge in [0.15, 0.2) is 6.61 Å². The number of carbonyl (C=O) groups excluding carboxylic acids is 3. The van der Waals surface area contributed by atoms with E-state index >= 15 is 0 Å². The summed E-state index contributed by atoms with van der Waals surface area (Å²) < 4.78 is 5.21. The molecule has 1 aromatic heterocycles. The van der Waals surface area contributed by atoms with Crippen LogP contribution >= 0.6 is 11.3 Å². The van der Waals surface area contributed by atoms with E-state index < -0.39 is 5.97 Å². The van der Waals surface area contributed by atoms with Crippen LogP contribution in [-0.4, -0.2) is 42.4 Å². The first-order chi connectivity index (χ1) is 11.9. The number of primary amides is 1. The van der Waals surface area contributed by atoms with Gasteiger partial charge in [0, 0.05) is 18.0 Å². The van der Waals surface area contributed by atoms with Gasteiger partial charge in [-0.1, -0.05) is 6.92 Å². The number of ether oxygens (including phenoxy) is 1. The van der Waals surface area contributed by atoms with Gasteiger partial charge in [-0.15, -0.1) is 11.3 Å². The van der Waals surface area contributed by atoms with Crippen LogP contribution in [-0.2, 0) is 27.2 Å². The molecule has 1 saturated heterocycles. The minimum absolute atomic E-state index is 0.269. The second-order valence-electron chi connectivity index (χ2n) is 7.06. The number of esters is 1. The molecule has 2 N–H and O–H groups in total. The average Bonchev–Trinajstić information content (AvgIpc) is 3.02. The fraction of sp³-hybridized carbons (Fsp3) is 0.611. The molecule has 1 aliphatic carbocycles. The molecule has 1 fully saturated rings. The summed E-state index contributed by atoms with van der Waals surface area (Å²) in [7, 11) is 0. The predicted molar refractivity (Wildman–Crippen MR) is 94.3 cm³/mol. The van der Waals surface area contributed by atoms with Gasteiger partial charge in [-0.05, 0) is 49.7 Å². The zero-order valence-corrected chi connectivity index (χ0v) is 15.3. The zero-order valence-electron chi connectivity index (χ0n) is 14.5. The minimum atomic E-state index is -0.441. The number of hydrogen-bond donors (Lipinski definition) is 1. The molecule has 0 unspecified atom stereocenters. The van der Waals surface area contributed by atoms with Crippen molar-refractivity contribution < 1.29 is 19.1 Å². The van der Waals surface area contributed by atoms with Crippen LogP contribution in [0.25, 0.3) is 0 Å². The summed E-state index contributed by atoms with van der Waals surface area (Å²) in [6.07, 6.45) is 4.60. The third-order valence-electron chi connectivity index (χ3n) is 5.03. The molecule has 2 atom stereocenters. The van der Waals surface area contributed by atoms with Crippen LogP contribution in [0.2, 0.25) is 0 Å². The third-order valence-corrected chi connectivity index (χ3v) is 6.25. The van der Waals surface area contributed by atoms with E-state index in [9.17, 15) is 14.4 Å². The van der Waals surface area contributed by atoms with Crippen LogP contribution in [0.15, 0.2) is 6.07 Å². The van der Waals surface area contributed by atoms with E-state index in [4.69, 9.17) is 10.5 Å². The van der Waals surface area contributed by atoms with Gasteiger partial charge in [0.1, 0.15) is 4.88 Å². The Morgan fingerprint density at radius 1 is 1.36 bits per heavy atom.